The van der Waals surface area contributed by atoms with Crippen LogP contribution in [-0.2, 0) is 16.0 Å². The molecule has 2 saturated heterocycles. The van der Waals surface area contributed by atoms with Gasteiger partial charge >= 0.3 is 5.97 Å². The summed E-state index contributed by atoms with van der Waals surface area (Å²) in [6.07, 6.45) is 2.40. The number of carbonyl (C=O) groups is 2. The molecule has 7 heteroatoms. The standard InChI is InChI=1S/C21H25N3O4/c1-14-16(23-19(28-14)15-5-3-2-4-6-15)11-18(25)24-13-21(7-9-22-10-8-21)12-17(24)20(26)27/h2-6,17,22H,7-13H2,1H3,(H,26,27). The summed E-state index contributed by atoms with van der Waals surface area (Å²) in [6.45, 7) is 4.04. The molecule has 0 bridgehead atoms. The first-order valence-electron chi connectivity index (χ1n) is 9.72. The molecule has 1 amide bonds. The van der Waals surface area contributed by atoms with Crippen molar-refractivity contribution in [2.24, 2.45) is 5.41 Å². The second-order valence-electron chi connectivity index (χ2n) is 7.89. The molecule has 0 saturated carbocycles. The van der Waals surface area contributed by atoms with Gasteiger partial charge in [-0.3, -0.25) is 4.79 Å². The molecule has 148 valence electrons. The Balaban J connectivity index is 1.53. The van der Waals surface area contributed by atoms with Crippen molar-refractivity contribution in [3.8, 4) is 11.5 Å². The van der Waals surface area contributed by atoms with Crippen molar-refractivity contribution in [2.75, 3.05) is 19.6 Å². The highest BCUT2D eigenvalue weighted by molar-refractivity contribution is 5.85. The van der Waals surface area contributed by atoms with Crippen LogP contribution in [-0.4, -0.2) is 52.5 Å². The third kappa shape index (κ3) is 3.54. The van der Waals surface area contributed by atoms with E-state index in [9.17, 15) is 14.7 Å². The van der Waals surface area contributed by atoms with Crippen LogP contribution < -0.4 is 5.32 Å². The average Bonchev–Trinajstić information content (AvgIpc) is 3.25. The molecule has 2 aromatic rings. The Labute approximate surface area is 163 Å². The second kappa shape index (κ2) is 7.39. The minimum absolute atomic E-state index is 0.0558. The minimum atomic E-state index is -0.925. The van der Waals surface area contributed by atoms with Gasteiger partial charge in [0.2, 0.25) is 11.8 Å². The number of amides is 1. The lowest BCUT2D eigenvalue weighted by Gasteiger charge is -2.33. The van der Waals surface area contributed by atoms with Gasteiger partial charge in [0, 0.05) is 12.1 Å². The van der Waals surface area contributed by atoms with Crippen LogP contribution in [0.3, 0.4) is 0 Å². The fourth-order valence-electron chi connectivity index (χ4n) is 4.40. The molecule has 0 radical (unpaired) electrons. The molecule has 7 nitrogen and oxygen atoms in total. The first-order valence-corrected chi connectivity index (χ1v) is 9.72. The van der Waals surface area contributed by atoms with Crippen LogP contribution in [0.25, 0.3) is 11.5 Å². The van der Waals surface area contributed by atoms with Crippen LogP contribution >= 0.6 is 0 Å². The topological polar surface area (TPSA) is 95.7 Å². The largest absolute Gasteiger partial charge is 0.480 e. The highest BCUT2D eigenvalue weighted by Crippen LogP contribution is 2.42. The first-order chi connectivity index (χ1) is 13.5. The van der Waals surface area contributed by atoms with Gasteiger partial charge in [-0.05, 0) is 56.8 Å². The maximum atomic E-state index is 13.0. The fraction of sp³-hybridized carbons (Fsp3) is 0.476. The molecule has 28 heavy (non-hydrogen) atoms. The SMILES string of the molecule is Cc1oc(-c2ccccc2)nc1CC(=O)N1CC2(CCNCC2)CC1C(=O)O. The molecule has 1 aromatic carbocycles. The number of nitrogens with one attached hydrogen (secondary N) is 1. The van der Waals surface area contributed by atoms with Gasteiger partial charge < -0.3 is 19.7 Å². The number of carboxylic acid groups (broad SMARTS) is 1. The highest BCUT2D eigenvalue weighted by atomic mass is 16.4. The number of likely N-dealkylation sites (tertiary alicyclic amines) is 1. The van der Waals surface area contributed by atoms with E-state index in [-0.39, 0.29) is 17.7 Å². The number of oxazole rings is 1. The van der Waals surface area contributed by atoms with Crippen molar-refractivity contribution in [1.82, 2.24) is 15.2 Å². The molecule has 1 atom stereocenters. The molecular formula is C21H25N3O4. The average molecular weight is 383 g/mol. The Bertz CT molecular complexity index is 871. The number of carbonyl (C=O) groups excluding carboxylic acids is 1. The summed E-state index contributed by atoms with van der Waals surface area (Å²) >= 11 is 0. The Hall–Kier alpha value is -2.67. The van der Waals surface area contributed by atoms with Gasteiger partial charge in [-0.25, -0.2) is 9.78 Å². The van der Waals surface area contributed by atoms with Crippen LogP contribution in [0.15, 0.2) is 34.7 Å². The van der Waals surface area contributed by atoms with Gasteiger partial charge in [-0.15, -0.1) is 0 Å². The lowest BCUT2D eigenvalue weighted by atomic mass is 9.77. The molecule has 1 unspecified atom stereocenters. The third-order valence-electron chi connectivity index (χ3n) is 6.01. The van der Waals surface area contributed by atoms with E-state index in [1.807, 2.05) is 30.3 Å². The maximum absolute atomic E-state index is 13.0. The Kier molecular flexibility index (Phi) is 4.93. The molecular weight excluding hydrogens is 358 g/mol. The van der Waals surface area contributed by atoms with Crippen LogP contribution in [0.1, 0.15) is 30.7 Å². The molecule has 2 fully saturated rings. The lowest BCUT2D eigenvalue weighted by molar-refractivity contribution is -0.148. The number of aromatic nitrogens is 1. The Morgan fingerprint density at radius 1 is 1.29 bits per heavy atom. The van der Waals surface area contributed by atoms with Crippen molar-refractivity contribution >= 4 is 11.9 Å². The van der Waals surface area contributed by atoms with Gasteiger partial charge in [0.25, 0.3) is 0 Å². The number of piperidine rings is 1. The number of rotatable bonds is 4. The van der Waals surface area contributed by atoms with Crippen LogP contribution in [0.5, 0.6) is 0 Å². The van der Waals surface area contributed by atoms with Crippen LogP contribution in [0, 0.1) is 12.3 Å². The van der Waals surface area contributed by atoms with Crippen molar-refractivity contribution < 1.29 is 19.1 Å². The molecule has 2 aliphatic heterocycles. The number of hydrogen-bond donors (Lipinski definition) is 2. The van der Waals surface area contributed by atoms with Crippen LogP contribution in [0.4, 0.5) is 0 Å². The Morgan fingerprint density at radius 3 is 2.68 bits per heavy atom. The summed E-state index contributed by atoms with van der Waals surface area (Å²) in [5.41, 5.74) is 1.33. The molecule has 1 spiro atoms. The summed E-state index contributed by atoms with van der Waals surface area (Å²) in [5, 5.41) is 13.0. The van der Waals surface area contributed by atoms with Gasteiger partial charge in [0.1, 0.15) is 11.8 Å². The number of carboxylic acids is 1. The van der Waals surface area contributed by atoms with Crippen molar-refractivity contribution in [3.05, 3.63) is 41.8 Å². The maximum Gasteiger partial charge on any atom is 0.326 e. The third-order valence-corrected chi connectivity index (χ3v) is 6.01. The quantitative estimate of drug-likeness (QED) is 0.841. The van der Waals surface area contributed by atoms with E-state index in [0.29, 0.717) is 30.3 Å². The fourth-order valence-corrected chi connectivity index (χ4v) is 4.40. The van der Waals surface area contributed by atoms with Gasteiger partial charge in [-0.2, -0.15) is 0 Å². The smallest absolute Gasteiger partial charge is 0.326 e. The number of aliphatic carboxylic acids is 1. The van der Waals surface area contributed by atoms with E-state index < -0.39 is 12.0 Å². The molecule has 2 aliphatic rings. The normalized spacial score (nSPS) is 21.2. The summed E-state index contributed by atoms with van der Waals surface area (Å²) in [6, 6.07) is 8.77. The molecule has 1 aromatic heterocycles. The molecule has 2 N–H and O–H groups in total. The van der Waals surface area contributed by atoms with E-state index in [1.54, 1.807) is 11.8 Å². The van der Waals surface area contributed by atoms with Gasteiger partial charge in [-0.1, -0.05) is 18.2 Å². The van der Waals surface area contributed by atoms with Gasteiger partial charge in [0.05, 0.1) is 12.1 Å². The number of aryl methyl sites for hydroxylation is 1. The van der Waals surface area contributed by atoms with Crippen molar-refractivity contribution in [1.29, 1.82) is 0 Å². The van der Waals surface area contributed by atoms with Crippen molar-refractivity contribution in [2.45, 2.75) is 38.6 Å². The Morgan fingerprint density at radius 2 is 2.00 bits per heavy atom. The summed E-state index contributed by atoms with van der Waals surface area (Å²) in [7, 11) is 0. The predicted molar refractivity (Wildman–Crippen MR) is 103 cm³/mol. The van der Waals surface area contributed by atoms with Crippen LogP contribution in [0.2, 0.25) is 0 Å². The molecule has 3 heterocycles. The predicted octanol–water partition coefficient (Wildman–Crippen LogP) is 2.25. The van der Waals surface area contributed by atoms with E-state index in [2.05, 4.69) is 10.3 Å². The van der Waals surface area contributed by atoms with E-state index in [4.69, 9.17) is 4.42 Å². The monoisotopic (exact) mass is 383 g/mol. The van der Waals surface area contributed by atoms with E-state index in [0.717, 1.165) is 31.5 Å². The molecule has 0 aliphatic carbocycles. The van der Waals surface area contributed by atoms with E-state index >= 15 is 0 Å². The van der Waals surface area contributed by atoms with E-state index in [1.165, 1.54) is 0 Å². The highest BCUT2D eigenvalue weighted by Gasteiger charge is 2.48. The number of hydrogen-bond acceptors (Lipinski definition) is 5. The lowest BCUT2D eigenvalue weighted by Crippen LogP contribution is -2.42. The molecule has 4 rings (SSSR count). The number of nitrogens with zero attached hydrogens (tertiary/aromatic N) is 2. The zero-order valence-electron chi connectivity index (χ0n) is 16.0. The van der Waals surface area contributed by atoms with Crippen molar-refractivity contribution in [3.63, 3.8) is 0 Å². The summed E-state index contributed by atoms with van der Waals surface area (Å²) < 4.78 is 5.74. The summed E-state index contributed by atoms with van der Waals surface area (Å²) in [4.78, 5) is 30.9. The van der Waals surface area contributed by atoms with Gasteiger partial charge in [0.15, 0.2) is 0 Å². The summed E-state index contributed by atoms with van der Waals surface area (Å²) in [5.74, 6) is -0.0498. The number of benzene rings is 1. The zero-order chi connectivity index (χ0) is 19.7. The second-order valence-corrected chi connectivity index (χ2v) is 7.89. The first kappa shape index (κ1) is 18.7. The zero-order valence-corrected chi connectivity index (χ0v) is 16.0. The minimum Gasteiger partial charge on any atom is -0.480 e.